The van der Waals surface area contributed by atoms with E-state index in [2.05, 4.69) is 43.0 Å². The molecule has 4 aromatic rings. The van der Waals surface area contributed by atoms with Crippen molar-refractivity contribution in [2.45, 2.75) is 52.9 Å². The number of unbranched alkanes of at least 4 members (excludes halogenated alkanes) is 3. The van der Waals surface area contributed by atoms with Crippen LogP contribution in [0.2, 0.25) is 0 Å². The first kappa shape index (κ1) is 32.2. The normalized spacial score (nSPS) is 11.2. The molecule has 0 fully saturated rings. The Morgan fingerprint density at radius 3 is 1.59 bits per heavy atom. The molecule has 1 atom stereocenters. The van der Waals surface area contributed by atoms with E-state index in [0.717, 1.165) is 59.0 Å². The van der Waals surface area contributed by atoms with Crippen LogP contribution in [-0.2, 0) is 9.53 Å². The molecule has 0 saturated heterocycles. The fourth-order valence-corrected chi connectivity index (χ4v) is 4.31. The van der Waals surface area contributed by atoms with Crippen LogP contribution in [0.25, 0.3) is 11.1 Å². The van der Waals surface area contributed by atoms with Crippen molar-refractivity contribution >= 4 is 5.97 Å². The Bertz CT molecular complexity index is 1480. The van der Waals surface area contributed by atoms with Crippen molar-refractivity contribution in [2.24, 2.45) is 5.92 Å². The lowest BCUT2D eigenvalue weighted by atomic mass is 10.1. The van der Waals surface area contributed by atoms with Crippen molar-refractivity contribution in [3.8, 4) is 46.0 Å². The topological polar surface area (TPSA) is 54.0 Å². The molecule has 0 aliphatic carbocycles. The fraction of sp³-hybridized carbons (Fsp3) is 0.308. The van der Waals surface area contributed by atoms with E-state index in [1.54, 1.807) is 0 Å². The van der Waals surface area contributed by atoms with Gasteiger partial charge < -0.3 is 18.9 Å². The molecule has 0 aliphatic rings. The molecule has 4 rings (SSSR count). The van der Waals surface area contributed by atoms with E-state index in [1.807, 2.05) is 86.6 Å². The zero-order chi connectivity index (χ0) is 31.0. The van der Waals surface area contributed by atoms with Crippen molar-refractivity contribution in [1.29, 1.82) is 0 Å². The number of esters is 1. The molecule has 0 spiro atoms. The molecule has 0 bridgehead atoms. The van der Waals surface area contributed by atoms with Gasteiger partial charge in [0.15, 0.2) is 0 Å². The second kappa shape index (κ2) is 17.4. The van der Waals surface area contributed by atoms with Crippen LogP contribution in [0.5, 0.6) is 23.0 Å². The maximum atomic E-state index is 11.7. The van der Waals surface area contributed by atoms with E-state index < -0.39 is 0 Å². The van der Waals surface area contributed by atoms with Crippen LogP contribution in [0.4, 0.5) is 0 Å². The minimum atomic E-state index is -0.188. The zero-order valence-corrected chi connectivity index (χ0v) is 26.0. The lowest BCUT2D eigenvalue weighted by Crippen LogP contribution is -2.17. The van der Waals surface area contributed by atoms with Gasteiger partial charge in [0.2, 0.25) is 0 Å². The average molecular weight is 591 g/mol. The summed E-state index contributed by atoms with van der Waals surface area (Å²) in [4.78, 5) is 11.7. The molecule has 5 nitrogen and oxygen atoms in total. The van der Waals surface area contributed by atoms with Crippen molar-refractivity contribution in [1.82, 2.24) is 0 Å². The molecule has 0 radical (unpaired) electrons. The van der Waals surface area contributed by atoms with Crippen LogP contribution in [-0.4, -0.2) is 25.8 Å². The Balaban J connectivity index is 1.22. The number of carbonyl (C=O) groups is 1. The Kier molecular flexibility index (Phi) is 12.8. The molecule has 0 heterocycles. The van der Waals surface area contributed by atoms with Crippen LogP contribution in [0.1, 0.15) is 64.0 Å². The van der Waals surface area contributed by atoms with Crippen molar-refractivity contribution in [3.05, 3.63) is 108 Å². The van der Waals surface area contributed by atoms with Gasteiger partial charge in [0.05, 0.1) is 12.5 Å². The quantitative estimate of drug-likeness (QED) is 0.0784. The van der Waals surface area contributed by atoms with Crippen LogP contribution in [0.15, 0.2) is 97.1 Å². The molecule has 5 heteroatoms. The van der Waals surface area contributed by atoms with E-state index in [-0.39, 0.29) is 18.5 Å². The summed E-state index contributed by atoms with van der Waals surface area (Å²) in [6, 6.07) is 31.6. The molecular formula is C39H42O5. The van der Waals surface area contributed by atoms with Gasteiger partial charge in [-0.25, -0.2) is 0 Å². The molecular weight excluding hydrogens is 548 g/mol. The van der Waals surface area contributed by atoms with Gasteiger partial charge in [0, 0.05) is 11.1 Å². The van der Waals surface area contributed by atoms with Gasteiger partial charge in [0.1, 0.15) is 36.2 Å². The molecule has 44 heavy (non-hydrogen) atoms. The summed E-state index contributed by atoms with van der Waals surface area (Å²) in [5.74, 6) is 9.23. The summed E-state index contributed by atoms with van der Waals surface area (Å²) >= 11 is 0. The van der Waals surface area contributed by atoms with E-state index in [9.17, 15) is 4.79 Å². The lowest BCUT2D eigenvalue weighted by Gasteiger charge is -2.10. The predicted molar refractivity (Wildman–Crippen MR) is 176 cm³/mol. The number of rotatable bonds is 15. The Morgan fingerprint density at radius 1 is 0.591 bits per heavy atom. The van der Waals surface area contributed by atoms with E-state index in [0.29, 0.717) is 12.4 Å². The molecule has 0 amide bonds. The summed E-state index contributed by atoms with van der Waals surface area (Å²) in [5.41, 5.74) is 4.04. The average Bonchev–Trinajstić information content (AvgIpc) is 3.07. The van der Waals surface area contributed by atoms with Gasteiger partial charge >= 0.3 is 5.97 Å². The zero-order valence-electron chi connectivity index (χ0n) is 26.0. The standard InChI is InChI=1S/C39H42O5/c1-4-6-7-8-27-41-36-23-15-33(16-24-36)34-17-25-38(26-18-34)44-37-21-13-32(14-22-37)10-9-31-11-19-35(20-12-31)42-28-29-43-39(40)30(3)5-2/h11-26,30H,4-8,27-29H2,1-3H3. The molecule has 0 aliphatic heterocycles. The van der Waals surface area contributed by atoms with Crippen molar-refractivity contribution in [3.63, 3.8) is 0 Å². The van der Waals surface area contributed by atoms with Crippen molar-refractivity contribution in [2.75, 3.05) is 19.8 Å². The fourth-order valence-electron chi connectivity index (χ4n) is 4.31. The third kappa shape index (κ3) is 10.5. The first-order valence-corrected chi connectivity index (χ1v) is 15.6. The summed E-state index contributed by atoms with van der Waals surface area (Å²) in [7, 11) is 0. The Morgan fingerprint density at radius 2 is 1.07 bits per heavy atom. The number of benzene rings is 4. The van der Waals surface area contributed by atoms with E-state index in [1.165, 1.54) is 19.3 Å². The van der Waals surface area contributed by atoms with Crippen LogP contribution in [0, 0.1) is 17.8 Å². The lowest BCUT2D eigenvalue weighted by molar-refractivity contribution is -0.148. The Hall–Kier alpha value is -4.69. The predicted octanol–water partition coefficient (Wildman–Crippen LogP) is 9.47. The molecule has 1 unspecified atom stereocenters. The van der Waals surface area contributed by atoms with Crippen LogP contribution in [0.3, 0.4) is 0 Å². The second-order valence-corrected chi connectivity index (χ2v) is 10.7. The molecule has 228 valence electrons. The minimum absolute atomic E-state index is 0.0884. The largest absolute Gasteiger partial charge is 0.494 e. The highest BCUT2D eigenvalue weighted by molar-refractivity contribution is 5.71. The highest BCUT2D eigenvalue weighted by Gasteiger charge is 2.11. The highest BCUT2D eigenvalue weighted by atomic mass is 16.6. The van der Waals surface area contributed by atoms with Gasteiger partial charge in [0.25, 0.3) is 0 Å². The number of hydrogen-bond donors (Lipinski definition) is 0. The third-order valence-electron chi connectivity index (χ3n) is 7.22. The third-order valence-corrected chi connectivity index (χ3v) is 7.22. The van der Waals surface area contributed by atoms with Gasteiger partial charge in [-0.15, -0.1) is 0 Å². The first-order chi connectivity index (χ1) is 21.5. The number of carbonyl (C=O) groups excluding carboxylic acids is 1. The number of ether oxygens (including phenoxy) is 4. The summed E-state index contributed by atoms with van der Waals surface area (Å²) in [6.45, 7) is 7.36. The molecule has 4 aromatic carbocycles. The summed E-state index contributed by atoms with van der Waals surface area (Å²) in [6.07, 6.45) is 5.58. The smallest absolute Gasteiger partial charge is 0.308 e. The maximum absolute atomic E-state index is 11.7. The Labute approximate surface area is 262 Å². The molecule has 0 aromatic heterocycles. The molecule has 0 saturated carbocycles. The maximum Gasteiger partial charge on any atom is 0.308 e. The van der Waals surface area contributed by atoms with Crippen molar-refractivity contribution < 1.29 is 23.7 Å². The molecule has 0 N–H and O–H groups in total. The summed E-state index contributed by atoms with van der Waals surface area (Å²) < 4.78 is 22.8. The van der Waals surface area contributed by atoms with Gasteiger partial charge in [-0.05, 0) is 96.8 Å². The van der Waals surface area contributed by atoms with Gasteiger partial charge in [-0.3, -0.25) is 4.79 Å². The van der Waals surface area contributed by atoms with Crippen LogP contribution >= 0.6 is 0 Å². The van der Waals surface area contributed by atoms with E-state index >= 15 is 0 Å². The van der Waals surface area contributed by atoms with Crippen LogP contribution < -0.4 is 14.2 Å². The number of hydrogen-bond acceptors (Lipinski definition) is 5. The van der Waals surface area contributed by atoms with E-state index in [4.69, 9.17) is 18.9 Å². The summed E-state index contributed by atoms with van der Waals surface area (Å²) in [5, 5.41) is 0. The van der Waals surface area contributed by atoms with Gasteiger partial charge in [-0.2, -0.15) is 0 Å². The first-order valence-electron chi connectivity index (χ1n) is 15.6. The minimum Gasteiger partial charge on any atom is -0.494 e. The second-order valence-electron chi connectivity index (χ2n) is 10.7. The van der Waals surface area contributed by atoms with Gasteiger partial charge in [-0.1, -0.05) is 76.1 Å². The monoisotopic (exact) mass is 590 g/mol. The SMILES string of the molecule is CCCCCCOc1ccc(-c2ccc(Oc3ccc(C#Cc4ccc(OCCOC(=O)C(C)CC)cc4)cc3)cc2)cc1. The highest BCUT2D eigenvalue weighted by Crippen LogP contribution is 2.27.